The Morgan fingerprint density at radius 2 is 2.06 bits per heavy atom. The molecule has 0 radical (unpaired) electrons. The summed E-state index contributed by atoms with van der Waals surface area (Å²) in [5.41, 5.74) is 5.34. The first-order chi connectivity index (χ1) is 8.24. The molecule has 0 saturated heterocycles. The van der Waals surface area contributed by atoms with Crippen LogP contribution in [0, 0.1) is 17.1 Å². The number of hydrogen-bond donors (Lipinski definition) is 3. The van der Waals surface area contributed by atoms with Crippen molar-refractivity contribution in [1.29, 1.82) is 5.41 Å². The second-order valence-corrected chi connectivity index (χ2v) is 5.97. The van der Waals surface area contributed by atoms with Crippen LogP contribution in [-0.2, 0) is 10.0 Å². The number of benzene rings is 1. The van der Waals surface area contributed by atoms with Gasteiger partial charge in [-0.3, -0.25) is 5.41 Å². The zero-order valence-corrected chi connectivity index (χ0v) is 11.0. The highest BCUT2D eigenvalue weighted by molar-refractivity contribution is 7.89. The molecule has 1 rings (SSSR count). The van der Waals surface area contributed by atoms with Gasteiger partial charge in [-0.05, 0) is 24.1 Å². The SMILES string of the molecule is CC(C)C(NS(=O)(=O)c1cccc(F)c1)C(=N)N. The number of nitrogens with two attached hydrogens (primary N) is 1. The van der Waals surface area contributed by atoms with E-state index >= 15 is 0 Å². The monoisotopic (exact) mass is 273 g/mol. The minimum Gasteiger partial charge on any atom is -0.386 e. The molecular formula is C11H16FN3O2S. The summed E-state index contributed by atoms with van der Waals surface area (Å²) in [6, 6.07) is 3.85. The van der Waals surface area contributed by atoms with E-state index in [0.29, 0.717) is 0 Å². The summed E-state index contributed by atoms with van der Waals surface area (Å²) in [4.78, 5) is -0.186. The Morgan fingerprint density at radius 3 is 2.50 bits per heavy atom. The fourth-order valence-corrected chi connectivity index (χ4v) is 2.82. The number of sulfonamides is 1. The summed E-state index contributed by atoms with van der Waals surface area (Å²) in [5.74, 6) is -1.09. The third kappa shape index (κ3) is 3.51. The Kier molecular flexibility index (Phi) is 4.42. The summed E-state index contributed by atoms with van der Waals surface area (Å²) in [6.45, 7) is 3.47. The van der Waals surface area contributed by atoms with Gasteiger partial charge in [-0.15, -0.1) is 0 Å². The van der Waals surface area contributed by atoms with Crippen molar-refractivity contribution < 1.29 is 12.8 Å². The van der Waals surface area contributed by atoms with E-state index in [1.165, 1.54) is 12.1 Å². The predicted molar refractivity (Wildman–Crippen MR) is 67.3 cm³/mol. The number of nitrogens with one attached hydrogen (secondary N) is 2. The lowest BCUT2D eigenvalue weighted by atomic mass is 10.1. The molecule has 0 saturated carbocycles. The molecule has 1 aromatic carbocycles. The fourth-order valence-electron chi connectivity index (χ4n) is 1.43. The minimum atomic E-state index is -3.88. The van der Waals surface area contributed by atoms with Gasteiger partial charge in [0, 0.05) is 0 Å². The molecule has 1 aromatic rings. The molecule has 100 valence electrons. The van der Waals surface area contributed by atoms with Gasteiger partial charge in [-0.1, -0.05) is 19.9 Å². The predicted octanol–water partition coefficient (Wildman–Crippen LogP) is 1.06. The van der Waals surface area contributed by atoms with Crippen molar-refractivity contribution in [2.45, 2.75) is 24.8 Å². The molecule has 7 heteroatoms. The van der Waals surface area contributed by atoms with E-state index in [0.717, 1.165) is 12.1 Å². The Labute approximate surface area is 106 Å². The molecule has 4 N–H and O–H groups in total. The topological polar surface area (TPSA) is 96.0 Å². The molecule has 0 aromatic heterocycles. The molecule has 0 heterocycles. The molecule has 18 heavy (non-hydrogen) atoms. The third-order valence-electron chi connectivity index (χ3n) is 2.39. The third-order valence-corrected chi connectivity index (χ3v) is 3.83. The number of amidine groups is 1. The van der Waals surface area contributed by atoms with E-state index < -0.39 is 21.9 Å². The van der Waals surface area contributed by atoms with Crippen molar-refractivity contribution in [3.63, 3.8) is 0 Å². The summed E-state index contributed by atoms with van der Waals surface area (Å²) < 4.78 is 39.2. The van der Waals surface area contributed by atoms with E-state index in [2.05, 4.69) is 4.72 Å². The molecule has 1 unspecified atom stereocenters. The van der Waals surface area contributed by atoms with E-state index in [4.69, 9.17) is 11.1 Å². The van der Waals surface area contributed by atoms with Gasteiger partial charge in [-0.25, -0.2) is 17.5 Å². The average Bonchev–Trinajstić information content (AvgIpc) is 2.25. The molecule has 0 bridgehead atoms. The van der Waals surface area contributed by atoms with E-state index in [1.54, 1.807) is 13.8 Å². The zero-order valence-electron chi connectivity index (χ0n) is 10.1. The van der Waals surface area contributed by atoms with Gasteiger partial charge in [0.1, 0.15) is 11.7 Å². The number of rotatable bonds is 5. The number of hydrogen-bond acceptors (Lipinski definition) is 3. The molecule has 0 spiro atoms. The maximum Gasteiger partial charge on any atom is 0.241 e. The van der Waals surface area contributed by atoms with Crippen LogP contribution in [0.5, 0.6) is 0 Å². The molecule has 0 fully saturated rings. The van der Waals surface area contributed by atoms with Gasteiger partial charge in [-0.2, -0.15) is 0 Å². The lowest BCUT2D eigenvalue weighted by Crippen LogP contribution is -2.47. The van der Waals surface area contributed by atoms with Crippen LogP contribution in [0.3, 0.4) is 0 Å². The molecule has 0 aliphatic heterocycles. The molecule has 0 aliphatic rings. The maximum atomic E-state index is 13.0. The van der Waals surface area contributed by atoms with Crippen LogP contribution in [0.4, 0.5) is 4.39 Å². The van der Waals surface area contributed by atoms with Gasteiger partial charge in [0.15, 0.2) is 0 Å². The van der Waals surface area contributed by atoms with Gasteiger partial charge in [0.25, 0.3) is 0 Å². The second kappa shape index (κ2) is 5.45. The van der Waals surface area contributed by atoms with Crippen LogP contribution >= 0.6 is 0 Å². The Morgan fingerprint density at radius 1 is 1.44 bits per heavy atom. The van der Waals surface area contributed by atoms with Crippen LogP contribution in [0.25, 0.3) is 0 Å². The molecule has 5 nitrogen and oxygen atoms in total. The lowest BCUT2D eigenvalue weighted by molar-refractivity contribution is 0.521. The van der Waals surface area contributed by atoms with Crippen LogP contribution in [0.2, 0.25) is 0 Å². The highest BCUT2D eigenvalue weighted by Crippen LogP contribution is 2.13. The van der Waals surface area contributed by atoms with Crippen LogP contribution in [-0.4, -0.2) is 20.3 Å². The first-order valence-electron chi connectivity index (χ1n) is 5.36. The smallest absolute Gasteiger partial charge is 0.241 e. The van der Waals surface area contributed by atoms with E-state index in [1.807, 2.05) is 0 Å². The first-order valence-corrected chi connectivity index (χ1v) is 6.84. The second-order valence-electron chi connectivity index (χ2n) is 4.26. The first kappa shape index (κ1) is 14.6. The van der Waals surface area contributed by atoms with Crippen LogP contribution in [0.1, 0.15) is 13.8 Å². The summed E-state index contributed by atoms with van der Waals surface area (Å²) in [5, 5.41) is 7.34. The largest absolute Gasteiger partial charge is 0.386 e. The van der Waals surface area contributed by atoms with Crippen molar-refractivity contribution in [2.75, 3.05) is 0 Å². The van der Waals surface area contributed by atoms with Gasteiger partial charge in [0.05, 0.1) is 10.9 Å². The van der Waals surface area contributed by atoms with Crippen LogP contribution < -0.4 is 10.5 Å². The van der Waals surface area contributed by atoms with Crippen molar-refractivity contribution in [1.82, 2.24) is 4.72 Å². The molecule has 0 aliphatic carbocycles. The summed E-state index contributed by atoms with van der Waals surface area (Å²) in [6.07, 6.45) is 0. The fraction of sp³-hybridized carbons (Fsp3) is 0.364. The normalized spacial score (nSPS) is 13.6. The zero-order chi connectivity index (χ0) is 13.9. The highest BCUT2D eigenvalue weighted by atomic mass is 32.2. The number of halogens is 1. The maximum absolute atomic E-state index is 13.0. The van der Waals surface area contributed by atoms with Gasteiger partial charge in [0.2, 0.25) is 10.0 Å². The standard InChI is InChI=1S/C11H16FN3O2S/c1-7(2)10(11(13)14)15-18(16,17)9-5-3-4-8(12)6-9/h3-7,10,15H,1-2H3,(H3,13,14). The molecule has 1 atom stereocenters. The lowest BCUT2D eigenvalue weighted by Gasteiger charge is -2.20. The summed E-state index contributed by atoms with van der Waals surface area (Å²) in [7, 11) is -3.88. The molecular weight excluding hydrogens is 257 g/mol. The Balaban J connectivity index is 3.05. The highest BCUT2D eigenvalue weighted by Gasteiger charge is 2.24. The quantitative estimate of drug-likeness (QED) is 0.553. The Hall–Kier alpha value is -1.47. The van der Waals surface area contributed by atoms with Crippen molar-refractivity contribution in [2.24, 2.45) is 11.7 Å². The van der Waals surface area contributed by atoms with Gasteiger partial charge >= 0.3 is 0 Å². The van der Waals surface area contributed by atoms with Crippen LogP contribution in [0.15, 0.2) is 29.2 Å². The minimum absolute atomic E-state index is 0.175. The van der Waals surface area contributed by atoms with E-state index in [-0.39, 0.29) is 16.6 Å². The van der Waals surface area contributed by atoms with Crippen molar-refractivity contribution in [3.05, 3.63) is 30.1 Å². The summed E-state index contributed by atoms with van der Waals surface area (Å²) >= 11 is 0. The van der Waals surface area contributed by atoms with Crippen molar-refractivity contribution in [3.8, 4) is 0 Å². The molecule has 0 amide bonds. The Bertz CT molecular complexity index is 543. The van der Waals surface area contributed by atoms with E-state index in [9.17, 15) is 12.8 Å². The van der Waals surface area contributed by atoms with Crippen molar-refractivity contribution >= 4 is 15.9 Å². The van der Waals surface area contributed by atoms with Gasteiger partial charge < -0.3 is 5.73 Å². The average molecular weight is 273 g/mol.